The highest BCUT2D eigenvalue weighted by atomic mass is 79.9. The Morgan fingerprint density at radius 3 is 2.38 bits per heavy atom. The van der Waals surface area contributed by atoms with Gasteiger partial charge < -0.3 is 20.7 Å². The molecule has 0 aliphatic rings. The van der Waals surface area contributed by atoms with E-state index in [1.165, 1.54) is 10.9 Å². The number of hydrogen-bond acceptors (Lipinski definition) is 5. The van der Waals surface area contributed by atoms with E-state index in [0.29, 0.717) is 18.4 Å². The molecule has 0 saturated heterocycles. The van der Waals surface area contributed by atoms with Gasteiger partial charge in [-0.1, -0.05) is 6.07 Å². The third kappa shape index (κ3) is 6.96. The second-order valence-electron chi connectivity index (χ2n) is 7.11. The van der Waals surface area contributed by atoms with Crippen LogP contribution >= 0.6 is 27.3 Å². The number of aryl methyl sites for hydroxylation is 3. The van der Waals surface area contributed by atoms with E-state index in [4.69, 9.17) is 10.5 Å². The molecule has 0 aliphatic heterocycles. The van der Waals surface area contributed by atoms with E-state index < -0.39 is 30.5 Å². The lowest BCUT2D eigenvalue weighted by atomic mass is 9.93. The predicted octanol–water partition coefficient (Wildman–Crippen LogP) is 4.46. The molecule has 0 saturated carbocycles. The van der Waals surface area contributed by atoms with E-state index in [-0.39, 0.29) is 25.2 Å². The molecule has 0 radical (unpaired) electrons. The summed E-state index contributed by atoms with van der Waals surface area (Å²) < 4.78 is 46.9. The minimum Gasteiger partial charge on any atom is -0.493 e. The minimum absolute atomic E-state index is 0.159. The van der Waals surface area contributed by atoms with E-state index >= 15 is 0 Å². The smallest absolute Gasteiger partial charge is 0.419 e. The van der Waals surface area contributed by atoms with Gasteiger partial charge in [0, 0.05) is 4.88 Å². The third-order valence-corrected chi connectivity index (χ3v) is 6.50. The molecule has 162 valence electrons. The zero-order chi connectivity index (χ0) is 21.7. The summed E-state index contributed by atoms with van der Waals surface area (Å²) in [5.41, 5.74) is 5.28. The Labute approximate surface area is 180 Å². The van der Waals surface area contributed by atoms with Crippen LogP contribution < -0.4 is 10.5 Å². The molecule has 0 amide bonds. The van der Waals surface area contributed by atoms with Crippen LogP contribution in [0.25, 0.3) is 0 Å². The summed E-state index contributed by atoms with van der Waals surface area (Å²) in [5.74, 6) is -0.204. The van der Waals surface area contributed by atoms with E-state index in [1.54, 1.807) is 17.4 Å². The van der Waals surface area contributed by atoms with Crippen LogP contribution in [0.1, 0.15) is 34.4 Å². The number of hydrogen-bond donors (Lipinski definition) is 3. The fourth-order valence-corrected chi connectivity index (χ4v) is 4.69. The molecule has 1 aromatic heterocycles. The van der Waals surface area contributed by atoms with Gasteiger partial charge in [0.2, 0.25) is 0 Å². The van der Waals surface area contributed by atoms with Gasteiger partial charge >= 0.3 is 6.18 Å². The average molecular weight is 496 g/mol. The quantitative estimate of drug-likeness (QED) is 0.425. The van der Waals surface area contributed by atoms with Gasteiger partial charge in [0.1, 0.15) is 5.75 Å². The molecule has 0 spiro atoms. The molecule has 0 unspecified atom stereocenters. The van der Waals surface area contributed by atoms with Crippen LogP contribution in [0.2, 0.25) is 0 Å². The number of halogens is 4. The van der Waals surface area contributed by atoms with Crippen molar-refractivity contribution in [1.29, 1.82) is 0 Å². The Morgan fingerprint density at radius 1 is 1.14 bits per heavy atom. The van der Waals surface area contributed by atoms with Crippen LogP contribution in [0.5, 0.6) is 5.75 Å². The molecule has 2 rings (SSSR count). The van der Waals surface area contributed by atoms with Gasteiger partial charge in [0.25, 0.3) is 0 Å². The lowest BCUT2D eigenvalue weighted by Gasteiger charge is -2.24. The number of ether oxygens (including phenoxy) is 1. The first-order valence-corrected chi connectivity index (χ1v) is 10.8. The highest BCUT2D eigenvalue weighted by Gasteiger charge is 2.35. The maximum Gasteiger partial charge on any atom is 0.419 e. The van der Waals surface area contributed by atoms with E-state index in [2.05, 4.69) is 22.0 Å². The summed E-state index contributed by atoms with van der Waals surface area (Å²) >= 11 is 5.11. The normalized spacial score (nSPS) is 12.4. The molecule has 1 heterocycles. The van der Waals surface area contributed by atoms with Crippen LogP contribution in [-0.2, 0) is 19.0 Å². The lowest BCUT2D eigenvalue weighted by molar-refractivity contribution is -0.139. The standard InChI is InChI=1S/C20H25BrF3NO3S/c1-13-9-15(18(21)29-13)3-2-8-28-17-5-4-14(10-16(17)20(22,23)24)6-7-19(25,11-26)12-27/h4-5,9-10,26-27H,2-3,6-8,11-12,25H2,1H3. The molecule has 0 fully saturated rings. The maximum atomic E-state index is 13.5. The Kier molecular flexibility index (Phi) is 8.54. The van der Waals surface area contributed by atoms with Crippen LogP contribution in [0.15, 0.2) is 28.1 Å². The molecule has 0 bridgehead atoms. The van der Waals surface area contributed by atoms with E-state index in [9.17, 15) is 23.4 Å². The predicted molar refractivity (Wildman–Crippen MR) is 111 cm³/mol. The first kappa shape index (κ1) is 24.1. The topological polar surface area (TPSA) is 75.7 Å². The summed E-state index contributed by atoms with van der Waals surface area (Å²) in [6.07, 6.45) is -2.88. The molecule has 29 heavy (non-hydrogen) atoms. The SMILES string of the molecule is Cc1cc(CCCOc2ccc(CCC(N)(CO)CO)cc2C(F)(F)F)c(Br)s1. The molecule has 1 aromatic carbocycles. The van der Waals surface area contributed by atoms with Crippen molar-refractivity contribution in [1.82, 2.24) is 0 Å². The van der Waals surface area contributed by atoms with Crippen molar-refractivity contribution >= 4 is 27.3 Å². The molecule has 4 nitrogen and oxygen atoms in total. The molecular weight excluding hydrogens is 471 g/mol. The van der Waals surface area contributed by atoms with Crippen molar-refractivity contribution in [3.8, 4) is 5.75 Å². The fraction of sp³-hybridized carbons (Fsp3) is 0.500. The zero-order valence-corrected chi connectivity index (χ0v) is 18.5. The van der Waals surface area contributed by atoms with Crippen molar-refractivity contribution < 1.29 is 28.1 Å². The summed E-state index contributed by atoms with van der Waals surface area (Å²) in [6, 6.07) is 5.97. The molecule has 0 atom stereocenters. The zero-order valence-electron chi connectivity index (χ0n) is 16.1. The van der Waals surface area contributed by atoms with Crippen molar-refractivity contribution in [2.75, 3.05) is 19.8 Å². The summed E-state index contributed by atoms with van der Waals surface area (Å²) in [4.78, 5) is 1.17. The lowest BCUT2D eigenvalue weighted by Crippen LogP contribution is -2.47. The molecular formula is C20H25BrF3NO3S. The van der Waals surface area contributed by atoms with Gasteiger partial charge in [0.05, 0.1) is 34.7 Å². The van der Waals surface area contributed by atoms with Crippen molar-refractivity contribution in [2.45, 2.75) is 44.3 Å². The number of alkyl halides is 3. The number of rotatable bonds is 10. The Bertz CT molecular complexity index is 807. The second-order valence-corrected chi connectivity index (χ2v) is 9.69. The van der Waals surface area contributed by atoms with Crippen LogP contribution in [0.4, 0.5) is 13.2 Å². The minimum atomic E-state index is -4.55. The first-order valence-electron chi connectivity index (χ1n) is 9.16. The largest absolute Gasteiger partial charge is 0.493 e. The third-order valence-electron chi connectivity index (χ3n) is 4.62. The van der Waals surface area contributed by atoms with Crippen molar-refractivity contribution in [2.24, 2.45) is 5.73 Å². The second kappa shape index (κ2) is 10.3. The van der Waals surface area contributed by atoms with Crippen molar-refractivity contribution in [3.63, 3.8) is 0 Å². The van der Waals surface area contributed by atoms with Crippen molar-refractivity contribution in [3.05, 3.63) is 49.6 Å². The summed E-state index contributed by atoms with van der Waals surface area (Å²) in [6.45, 7) is 1.28. The molecule has 2 aromatic rings. The van der Waals surface area contributed by atoms with Gasteiger partial charge in [-0.25, -0.2) is 0 Å². The van der Waals surface area contributed by atoms with Gasteiger partial charge in [-0.3, -0.25) is 0 Å². The fourth-order valence-electron chi connectivity index (χ4n) is 2.84. The Hall–Kier alpha value is -1.13. The van der Waals surface area contributed by atoms with Crippen LogP contribution in [0.3, 0.4) is 0 Å². The summed E-state index contributed by atoms with van der Waals surface area (Å²) in [5, 5.41) is 18.5. The van der Waals surface area contributed by atoms with Gasteiger partial charge in [0.15, 0.2) is 0 Å². The monoisotopic (exact) mass is 495 g/mol. The molecule has 0 aliphatic carbocycles. The number of benzene rings is 1. The van der Waals surface area contributed by atoms with Crippen LogP contribution in [0, 0.1) is 6.92 Å². The van der Waals surface area contributed by atoms with Gasteiger partial charge in [-0.05, 0) is 77.9 Å². The maximum absolute atomic E-state index is 13.5. The van der Waals surface area contributed by atoms with E-state index in [1.807, 2.05) is 6.92 Å². The van der Waals surface area contributed by atoms with E-state index in [0.717, 1.165) is 15.4 Å². The molecule has 4 N–H and O–H groups in total. The number of thiophene rings is 1. The highest BCUT2D eigenvalue weighted by molar-refractivity contribution is 9.11. The van der Waals surface area contributed by atoms with Crippen LogP contribution in [-0.4, -0.2) is 35.6 Å². The van der Waals surface area contributed by atoms with Gasteiger partial charge in [-0.2, -0.15) is 13.2 Å². The summed E-state index contributed by atoms with van der Waals surface area (Å²) in [7, 11) is 0. The highest BCUT2D eigenvalue weighted by Crippen LogP contribution is 2.37. The first-order chi connectivity index (χ1) is 13.6. The number of nitrogens with two attached hydrogens (primary N) is 1. The Balaban J connectivity index is 2.02. The van der Waals surface area contributed by atoms with Gasteiger partial charge in [-0.15, -0.1) is 11.3 Å². The number of aliphatic hydroxyl groups is 2. The Morgan fingerprint density at radius 2 is 1.83 bits per heavy atom. The number of aliphatic hydroxyl groups excluding tert-OH is 2. The molecule has 9 heteroatoms. The average Bonchev–Trinajstić information content (AvgIpc) is 3.00.